The number of aliphatic hydroxyl groups is 1. The van der Waals surface area contributed by atoms with Crippen LogP contribution < -0.4 is 14.2 Å². The highest BCUT2D eigenvalue weighted by Crippen LogP contribution is 2.37. The summed E-state index contributed by atoms with van der Waals surface area (Å²) in [4.78, 5) is 0. The van der Waals surface area contributed by atoms with Gasteiger partial charge in [0.25, 0.3) is 0 Å². The molecular formula is C28H26O4. The van der Waals surface area contributed by atoms with E-state index in [-0.39, 0.29) is 13.4 Å². The molecule has 0 bridgehead atoms. The Hall–Kier alpha value is -3.50. The third-order valence-electron chi connectivity index (χ3n) is 5.99. The fraction of sp³-hybridized carbons (Fsp3) is 0.214. The van der Waals surface area contributed by atoms with Gasteiger partial charge in [-0.15, -0.1) is 0 Å². The van der Waals surface area contributed by atoms with Crippen molar-refractivity contribution in [2.75, 3.05) is 6.79 Å². The maximum absolute atomic E-state index is 9.99. The zero-order valence-electron chi connectivity index (χ0n) is 18.1. The molecule has 0 unspecified atom stereocenters. The molecule has 1 aliphatic carbocycles. The van der Waals surface area contributed by atoms with E-state index in [0.29, 0.717) is 6.61 Å². The van der Waals surface area contributed by atoms with Crippen molar-refractivity contribution in [3.8, 4) is 17.2 Å². The third kappa shape index (κ3) is 4.14. The Labute approximate surface area is 188 Å². The second-order valence-corrected chi connectivity index (χ2v) is 8.14. The smallest absolute Gasteiger partial charge is 0.231 e. The normalized spacial score (nSPS) is 14.4. The zero-order chi connectivity index (χ0) is 21.9. The zero-order valence-corrected chi connectivity index (χ0v) is 18.1. The molecule has 0 radical (unpaired) electrons. The Morgan fingerprint density at radius 1 is 1.00 bits per heavy atom. The average Bonchev–Trinajstić information content (AvgIpc) is 3.28. The number of aryl methyl sites for hydroxylation is 2. The maximum atomic E-state index is 9.99. The van der Waals surface area contributed by atoms with E-state index in [2.05, 4.69) is 37.3 Å². The van der Waals surface area contributed by atoms with Gasteiger partial charge >= 0.3 is 0 Å². The first-order chi connectivity index (χ1) is 15.7. The van der Waals surface area contributed by atoms with Gasteiger partial charge in [0, 0.05) is 5.56 Å². The highest BCUT2D eigenvalue weighted by Gasteiger charge is 2.17. The molecular weight excluding hydrogens is 400 g/mol. The number of hydrogen-bond donors (Lipinski definition) is 1. The first kappa shape index (κ1) is 20.4. The van der Waals surface area contributed by atoms with Crippen LogP contribution in [-0.2, 0) is 19.6 Å². The maximum Gasteiger partial charge on any atom is 0.231 e. The Morgan fingerprint density at radius 2 is 1.81 bits per heavy atom. The van der Waals surface area contributed by atoms with Crippen LogP contribution in [0.1, 0.15) is 39.8 Å². The van der Waals surface area contributed by atoms with Crippen molar-refractivity contribution in [3.63, 3.8) is 0 Å². The van der Waals surface area contributed by atoms with Crippen molar-refractivity contribution in [1.29, 1.82) is 0 Å². The van der Waals surface area contributed by atoms with E-state index in [1.165, 1.54) is 5.56 Å². The number of benzene rings is 3. The molecule has 1 heterocycles. The number of fused-ring (bicyclic) bond motifs is 2. The highest BCUT2D eigenvalue weighted by molar-refractivity contribution is 5.83. The summed E-state index contributed by atoms with van der Waals surface area (Å²) < 4.78 is 17.1. The molecule has 32 heavy (non-hydrogen) atoms. The summed E-state index contributed by atoms with van der Waals surface area (Å²) in [6.45, 7) is 2.78. The molecule has 0 amide bonds. The van der Waals surface area contributed by atoms with E-state index >= 15 is 0 Å². The molecule has 3 aromatic carbocycles. The fourth-order valence-electron chi connectivity index (χ4n) is 4.20. The number of ether oxygens (including phenoxy) is 3. The van der Waals surface area contributed by atoms with Crippen LogP contribution in [0.5, 0.6) is 17.2 Å². The predicted octanol–water partition coefficient (Wildman–Crippen LogP) is 5.84. The van der Waals surface area contributed by atoms with Gasteiger partial charge in [0.2, 0.25) is 6.79 Å². The van der Waals surface area contributed by atoms with Gasteiger partial charge in [-0.3, -0.25) is 0 Å². The van der Waals surface area contributed by atoms with E-state index in [4.69, 9.17) is 14.2 Å². The van der Waals surface area contributed by atoms with Crippen molar-refractivity contribution in [2.45, 2.75) is 33.0 Å². The number of hydrogen-bond acceptors (Lipinski definition) is 4. The Bertz CT molecular complexity index is 1190. The lowest BCUT2D eigenvalue weighted by molar-refractivity contribution is 0.174. The highest BCUT2D eigenvalue weighted by atomic mass is 16.7. The molecule has 5 rings (SSSR count). The average molecular weight is 427 g/mol. The summed E-state index contributed by atoms with van der Waals surface area (Å²) in [6, 6.07) is 18.3. The summed E-state index contributed by atoms with van der Waals surface area (Å²) in [7, 11) is 0. The van der Waals surface area contributed by atoms with Crippen LogP contribution in [0, 0.1) is 6.92 Å². The summed E-state index contributed by atoms with van der Waals surface area (Å²) >= 11 is 0. The Kier molecular flexibility index (Phi) is 5.70. The molecule has 3 aromatic rings. The van der Waals surface area contributed by atoms with Crippen LogP contribution in [-0.4, -0.2) is 11.9 Å². The van der Waals surface area contributed by atoms with Crippen LogP contribution in [0.25, 0.3) is 11.6 Å². The molecule has 0 spiro atoms. The lowest BCUT2D eigenvalue weighted by atomic mass is 9.88. The predicted molar refractivity (Wildman–Crippen MR) is 126 cm³/mol. The molecule has 162 valence electrons. The molecule has 1 aliphatic heterocycles. The van der Waals surface area contributed by atoms with Crippen molar-refractivity contribution in [1.82, 2.24) is 0 Å². The van der Waals surface area contributed by atoms with Crippen LogP contribution in [0.15, 0.2) is 66.7 Å². The lowest BCUT2D eigenvalue weighted by Gasteiger charge is -2.20. The molecule has 0 saturated carbocycles. The topological polar surface area (TPSA) is 47.9 Å². The molecule has 2 aliphatic rings. The molecule has 0 atom stereocenters. The first-order valence-electron chi connectivity index (χ1n) is 10.9. The minimum Gasteiger partial charge on any atom is -0.489 e. The molecule has 0 fully saturated rings. The second kappa shape index (κ2) is 8.93. The monoisotopic (exact) mass is 426 g/mol. The van der Waals surface area contributed by atoms with Crippen molar-refractivity contribution in [2.24, 2.45) is 0 Å². The van der Waals surface area contributed by atoms with Gasteiger partial charge in [-0.25, -0.2) is 0 Å². The van der Waals surface area contributed by atoms with Crippen LogP contribution in [0.3, 0.4) is 0 Å². The molecule has 0 aromatic heterocycles. The van der Waals surface area contributed by atoms with E-state index in [1.54, 1.807) is 0 Å². The molecule has 0 saturated heterocycles. The van der Waals surface area contributed by atoms with Crippen LogP contribution >= 0.6 is 0 Å². The van der Waals surface area contributed by atoms with Gasteiger partial charge < -0.3 is 19.3 Å². The van der Waals surface area contributed by atoms with Crippen LogP contribution in [0.4, 0.5) is 0 Å². The van der Waals surface area contributed by atoms with E-state index < -0.39 is 0 Å². The summed E-state index contributed by atoms with van der Waals surface area (Å²) in [5.41, 5.74) is 7.72. The van der Waals surface area contributed by atoms with Crippen molar-refractivity contribution in [3.05, 3.63) is 100 Å². The van der Waals surface area contributed by atoms with Gasteiger partial charge in [-0.2, -0.15) is 0 Å². The van der Waals surface area contributed by atoms with Crippen molar-refractivity contribution >= 4 is 11.6 Å². The van der Waals surface area contributed by atoms with Gasteiger partial charge in [-0.1, -0.05) is 48.6 Å². The van der Waals surface area contributed by atoms with Gasteiger partial charge in [0.05, 0.1) is 6.61 Å². The van der Waals surface area contributed by atoms with E-state index in [9.17, 15) is 5.11 Å². The number of allylic oxidation sites excluding steroid dienone is 3. The van der Waals surface area contributed by atoms with Crippen LogP contribution in [0.2, 0.25) is 0 Å². The Balaban J connectivity index is 1.40. The lowest BCUT2D eigenvalue weighted by Crippen LogP contribution is -2.05. The molecule has 4 heteroatoms. The van der Waals surface area contributed by atoms with Gasteiger partial charge in [0.15, 0.2) is 11.5 Å². The second-order valence-electron chi connectivity index (χ2n) is 8.14. The Morgan fingerprint density at radius 3 is 2.62 bits per heavy atom. The standard InChI is InChI=1S/C28H26O4/c1-19-12-27-28(32-18-31-27)14-22(19)11-10-21-8-5-9-23-15-26(24(16-29)13-25(21)23)30-17-20-6-3-2-4-7-20/h2-4,6-8,10-15,29H,5,9,16-18H2,1H3/b11-10+. The fourth-order valence-corrected chi connectivity index (χ4v) is 4.20. The SMILES string of the molecule is Cc1cc2c(cc1/C=C/C1=CCCc3cc(OCc4ccccc4)c(CO)cc31)OCO2. The molecule has 4 nitrogen and oxygen atoms in total. The largest absolute Gasteiger partial charge is 0.489 e. The summed E-state index contributed by atoms with van der Waals surface area (Å²) in [5, 5.41) is 9.99. The van der Waals surface area contributed by atoms with Crippen molar-refractivity contribution < 1.29 is 19.3 Å². The molecule has 1 N–H and O–H groups in total. The number of aliphatic hydroxyl groups excluding tert-OH is 1. The van der Waals surface area contributed by atoms with E-state index in [1.807, 2.05) is 42.5 Å². The first-order valence-corrected chi connectivity index (χ1v) is 10.9. The van der Waals surface area contributed by atoms with Gasteiger partial charge in [0.1, 0.15) is 12.4 Å². The third-order valence-corrected chi connectivity index (χ3v) is 5.99. The minimum absolute atomic E-state index is 0.0599. The van der Waals surface area contributed by atoms with Gasteiger partial charge in [-0.05, 0) is 77.4 Å². The minimum atomic E-state index is -0.0599. The number of rotatable bonds is 6. The summed E-state index contributed by atoms with van der Waals surface area (Å²) in [6.07, 6.45) is 8.46. The quantitative estimate of drug-likeness (QED) is 0.538. The van der Waals surface area contributed by atoms with E-state index in [0.717, 1.165) is 63.5 Å². The summed E-state index contributed by atoms with van der Waals surface area (Å²) in [5.74, 6) is 2.35.